The maximum absolute atomic E-state index is 10.1. The van der Waals surface area contributed by atoms with Gasteiger partial charge in [0.2, 0.25) is 0 Å². The molecule has 1 aliphatic rings. The summed E-state index contributed by atoms with van der Waals surface area (Å²) < 4.78 is 0. The lowest BCUT2D eigenvalue weighted by atomic mass is 10.1. The number of aliphatic hydroxyl groups excluding tert-OH is 1. The van der Waals surface area contributed by atoms with Gasteiger partial charge in [0.1, 0.15) is 0 Å². The van der Waals surface area contributed by atoms with Crippen molar-refractivity contribution in [1.82, 2.24) is 10.2 Å². The normalized spacial score (nSPS) is 24.2. The van der Waals surface area contributed by atoms with Crippen LogP contribution in [0.5, 0.6) is 0 Å². The summed E-state index contributed by atoms with van der Waals surface area (Å²) in [6, 6.07) is 10.4. The molecule has 3 nitrogen and oxygen atoms in total. The van der Waals surface area contributed by atoms with Gasteiger partial charge >= 0.3 is 0 Å². The van der Waals surface area contributed by atoms with Crippen molar-refractivity contribution in [2.75, 3.05) is 26.2 Å². The van der Waals surface area contributed by atoms with Crippen molar-refractivity contribution in [3.63, 3.8) is 0 Å². The predicted molar refractivity (Wildman–Crippen MR) is 65.3 cm³/mol. The first-order valence-corrected chi connectivity index (χ1v) is 5.95. The Morgan fingerprint density at radius 3 is 2.88 bits per heavy atom. The average molecular weight is 220 g/mol. The van der Waals surface area contributed by atoms with Crippen LogP contribution < -0.4 is 5.32 Å². The Bertz CT molecular complexity index is 315. The quantitative estimate of drug-likeness (QED) is 0.798. The molecule has 0 radical (unpaired) electrons. The fourth-order valence-electron chi connectivity index (χ4n) is 2.16. The molecule has 0 aromatic heterocycles. The zero-order valence-corrected chi connectivity index (χ0v) is 9.76. The van der Waals surface area contributed by atoms with Crippen molar-refractivity contribution in [3.05, 3.63) is 35.9 Å². The standard InChI is InChI=1S/C13H20N2O/c1-11-9-14-7-8-15(11)10-13(16)12-5-3-2-4-6-12/h2-6,11,13-14,16H,7-10H2,1H3/t11-,13?/m0/s1. The second kappa shape index (κ2) is 5.43. The molecular formula is C13H20N2O. The van der Waals surface area contributed by atoms with Crippen LogP contribution in [0, 0.1) is 0 Å². The smallest absolute Gasteiger partial charge is 0.0917 e. The van der Waals surface area contributed by atoms with E-state index >= 15 is 0 Å². The summed E-state index contributed by atoms with van der Waals surface area (Å²) in [7, 11) is 0. The van der Waals surface area contributed by atoms with E-state index in [2.05, 4.69) is 17.1 Å². The minimum absolute atomic E-state index is 0.373. The fraction of sp³-hybridized carbons (Fsp3) is 0.538. The molecule has 0 bridgehead atoms. The summed E-state index contributed by atoms with van der Waals surface area (Å²) >= 11 is 0. The molecule has 0 amide bonds. The van der Waals surface area contributed by atoms with E-state index in [4.69, 9.17) is 0 Å². The zero-order chi connectivity index (χ0) is 11.4. The van der Waals surface area contributed by atoms with Crippen molar-refractivity contribution in [2.24, 2.45) is 0 Å². The Kier molecular flexibility index (Phi) is 3.93. The molecule has 1 aliphatic heterocycles. The minimum Gasteiger partial charge on any atom is -0.387 e. The van der Waals surface area contributed by atoms with E-state index in [-0.39, 0.29) is 6.10 Å². The number of benzene rings is 1. The van der Waals surface area contributed by atoms with E-state index < -0.39 is 0 Å². The molecule has 2 rings (SSSR count). The lowest BCUT2D eigenvalue weighted by Crippen LogP contribution is -2.50. The summed E-state index contributed by atoms with van der Waals surface area (Å²) in [5.41, 5.74) is 1.01. The van der Waals surface area contributed by atoms with Gasteiger partial charge in [-0.15, -0.1) is 0 Å². The first-order chi connectivity index (χ1) is 7.77. The largest absolute Gasteiger partial charge is 0.387 e. The number of piperazine rings is 1. The molecule has 1 unspecified atom stereocenters. The van der Waals surface area contributed by atoms with Gasteiger partial charge in [-0.2, -0.15) is 0 Å². The molecule has 1 saturated heterocycles. The summed E-state index contributed by atoms with van der Waals surface area (Å²) in [5, 5.41) is 13.5. The highest BCUT2D eigenvalue weighted by molar-refractivity contribution is 5.17. The monoisotopic (exact) mass is 220 g/mol. The Morgan fingerprint density at radius 1 is 1.44 bits per heavy atom. The number of β-amino-alcohol motifs (C(OH)–C–C–N with tert-alkyl or cyclic N) is 1. The average Bonchev–Trinajstić information content (AvgIpc) is 2.33. The number of nitrogens with zero attached hydrogens (tertiary/aromatic N) is 1. The van der Waals surface area contributed by atoms with Crippen LogP contribution in [0.3, 0.4) is 0 Å². The van der Waals surface area contributed by atoms with E-state index in [9.17, 15) is 5.11 Å². The Labute approximate surface area is 97.1 Å². The van der Waals surface area contributed by atoms with E-state index in [0.29, 0.717) is 6.04 Å². The highest BCUT2D eigenvalue weighted by Gasteiger charge is 2.20. The number of nitrogens with one attached hydrogen (secondary N) is 1. The maximum atomic E-state index is 10.1. The van der Waals surface area contributed by atoms with E-state index in [0.717, 1.165) is 31.7 Å². The molecule has 0 aliphatic carbocycles. The second-order valence-corrected chi connectivity index (χ2v) is 4.47. The van der Waals surface area contributed by atoms with Gasteiger partial charge < -0.3 is 10.4 Å². The third-order valence-corrected chi connectivity index (χ3v) is 3.23. The summed E-state index contributed by atoms with van der Waals surface area (Å²) in [5.74, 6) is 0. The molecule has 1 fully saturated rings. The number of aliphatic hydroxyl groups is 1. The van der Waals surface area contributed by atoms with Gasteiger partial charge in [0.05, 0.1) is 6.10 Å². The third-order valence-electron chi connectivity index (χ3n) is 3.23. The highest BCUT2D eigenvalue weighted by atomic mass is 16.3. The van der Waals surface area contributed by atoms with Crippen LogP contribution in [0.4, 0.5) is 0 Å². The fourth-order valence-corrected chi connectivity index (χ4v) is 2.16. The Morgan fingerprint density at radius 2 is 2.19 bits per heavy atom. The molecule has 3 heteroatoms. The predicted octanol–water partition coefficient (Wildman–Crippen LogP) is 1.01. The second-order valence-electron chi connectivity index (χ2n) is 4.47. The highest BCUT2D eigenvalue weighted by Crippen LogP contribution is 2.15. The van der Waals surface area contributed by atoms with Crippen molar-refractivity contribution in [1.29, 1.82) is 0 Å². The van der Waals surface area contributed by atoms with Gasteiger partial charge in [-0.25, -0.2) is 0 Å². The number of hydrogen-bond donors (Lipinski definition) is 2. The van der Waals surface area contributed by atoms with Crippen molar-refractivity contribution in [3.8, 4) is 0 Å². The van der Waals surface area contributed by atoms with Gasteiger partial charge in [0, 0.05) is 32.2 Å². The van der Waals surface area contributed by atoms with Crippen LogP contribution in [0.1, 0.15) is 18.6 Å². The molecule has 16 heavy (non-hydrogen) atoms. The molecule has 2 N–H and O–H groups in total. The SMILES string of the molecule is C[C@H]1CNCCN1CC(O)c1ccccc1. The Hall–Kier alpha value is -0.900. The van der Waals surface area contributed by atoms with Crippen LogP contribution in [-0.4, -0.2) is 42.2 Å². The van der Waals surface area contributed by atoms with Gasteiger partial charge in [-0.3, -0.25) is 4.90 Å². The summed E-state index contributed by atoms with van der Waals surface area (Å²) in [4.78, 5) is 2.34. The zero-order valence-electron chi connectivity index (χ0n) is 9.76. The topological polar surface area (TPSA) is 35.5 Å². The summed E-state index contributed by atoms with van der Waals surface area (Å²) in [6.45, 7) is 5.98. The Balaban J connectivity index is 1.94. The van der Waals surface area contributed by atoms with E-state index in [1.807, 2.05) is 30.3 Å². The van der Waals surface area contributed by atoms with Crippen LogP contribution in [0.2, 0.25) is 0 Å². The van der Waals surface area contributed by atoms with Gasteiger partial charge in [0.25, 0.3) is 0 Å². The molecule has 1 aromatic carbocycles. The maximum Gasteiger partial charge on any atom is 0.0917 e. The molecular weight excluding hydrogens is 200 g/mol. The van der Waals surface area contributed by atoms with E-state index in [1.54, 1.807) is 0 Å². The van der Waals surface area contributed by atoms with Crippen molar-refractivity contribution < 1.29 is 5.11 Å². The first kappa shape index (κ1) is 11.6. The first-order valence-electron chi connectivity index (χ1n) is 5.95. The molecule has 88 valence electrons. The van der Waals surface area contributed by atoms with Gasteiger partial charge in [-0.05, 0) is 12.5 Å². The van der Waals surface area contributed by atoms with Gasteiger partial charge in [-0.1, -0.05) is 30.3 Å². The molecule has 1 heterocycles. The minimum atomic E-state index is -0.373. The van der Waals surface area contributed by atoms with Crippen LogP contribution >= 0.6 is 0 Å². The van der Waals surface area contributed by atoms with Crippen LogP contribution in [0.25, 0.3) is 0 Å². The third kappa shape index (κ3) is 2.82. The molecule has 2 atom stereocenters. The summed E-state index contributed by atoms with van der Waals surface area (Å²) in [6.07, 6.45) is -0.373. The molecule has 0 spiro atoms. The van der Waals surface area contributed by atoms with Crippen molar-refractivity contribution >= 4 is 0 Å². The van der Waals surface area contributed by atoms with Crippen LogP contribution in [0.15, 0.2) is 30.3 Å². The van der Waals surface area contributed by atoms with Gasteiger partial charge in [0.15, 0.2) is 0 Å². The van der Waals surface area contributed by atoms with Crippen molar-refractivity contribution in [2.45, 2.75) is 19.1 Å². The number of rotatable bonds is 3. The lowest BCUT2D eigenvalue weighted by Gasteiger charge is -2.35. The molecule has 0 saturated carbocycles. The van der Waals surface area contributed by atoms with Crippen LogP contribution in [-0.2, 0) is 0 Å². The molecule has 1 aromatic rings. The van der Waals surface area contributed by atoms with E-state index in [1.165, 1.54) is 0 Å². The number of hydrogen-bond acceptors (Lipinski definition) is 3. The lowest BCUT2D eigenvalue weighted by molar-refractivity contribution is 0.0793.